The van der Waals surface area contributed by atoms with Crippen molar-refractivity contribution in [1.29, 1.82) is 0 Å². The van der Waals surface area contributed by atoms with Crippen molar-refractivity contribution >= 4 is 18.0 Å². The Kier molecular flexibility index (Phi) is 8.22. The fourth-order valence-electron chi connectivity index (χ4n) is 3.34. The predicted octanol–water partition coefficient (Wildman–Crippen LogP) is 1.17. The van der Waals surface area contributed by atoms with Crippen molar-refractivity contribution in [3.05, 3.63) is 64.7 Å². The second-order valence-corrected chi connectivity index (χ2v) is 7.51. The summed E-state index contributed by atoms with van der Waals surface area (Å²) < 4.78 is 5.41. The molecule has 3 rings (SSSR count). The van der Waals surface area contributed by atoms with Crippen LogP contribution in [0.4, 0.5) is 5.69 Å². The van der Waals surface area contributed by atoms with Crippen LogP contribution in [-0.2, 0) is 9.53 Å². The van der Waals surface area contributed by atoms with Crippen molar-refractivity contribution in [3.63, 3.8) is 0 Å². The van der Waals surface area contributed by atoms with Crippen LogP contribution in [0.3, 0.4) is 0 Å². The van der Waals surface area contributed by atoms with Gasteiger partial charge in [0.25, 0.3) is 5.91 Å². The SMILES string of the molecule is Cc1cc(N2CCOCC2)ccc1C#Cc1ccc(C(=O)NC(CO)CN(O)C=O)cc1. The molecule has 0 aliphatic carbocycles. The van der Waals surface area contributed by atoms with Crippen molar-refractivity contribution in [1.82, 2.24) is 10.4 Å². The number of hydrogen-bond donors (Lipinski definition) is 3. The van der Waals surface area contributed by atoms with Crippen LogP contribution in [0.1, 0.15) is 27.0 Å². The zero-order chi connectivity index (χ0) is 22.9. The van der Waals surface area contributed by atoms with Crippen molar-refractivity contribution in [2.24, 2.45) is 0 Å². The van der Waals surface area contributed by atoms with Crippen LogP contribution in [0.25, 0.3) is 0 Å². The number of carbonyl (C=O) groups excluding carboxylic acids is 2. The van der Waals surface area contributed by atoms with Gasteiger partial charge < -0.3 is 20.1 Å². The molecule has 1 aliphatic heterocycles. The summed E-state index contributed by atoms with van der Waals surface area (Å²) in [5, 5.41) is 21.5. The molecular weight excluding hydrogens is 410 g/mol. The molecule has 168 valence electrons. The number of ether oxygens (including phenoxy) is 1. The van der Waals surface area contributed by atoms with Crippen molar-refractivity contribution in [3.8, 4) is 11.8 Å². The van der Waals surface area contributed by atoms with Crippen LogP contribution in [-0.4, -0.2) is 73.2 Å². The maximum Gasteiger partial charge on any atom is 0.251 e. The number of nitrogens with one attached hydrogen (secondary N) is 1. The Hall–Kier alpha value is -3.38. The third-order valence-electron chi connectivity index (χ3n) is 5.16. The summed E-state index contributed by atoms with van der Waals surface area (Å²) in [5.41, 5.74) is 4.36. The quantitative estimate of drug-likeness (QED) is 0.260. The van der Waals surface area contributed by atoms with Crippen LogP contribution >= 0.6 is 0 Å². The molecule has 8 nitrogen and oxygen atoms in total. The number of anilines is 1. The smallest absolute Gasteiger partial charge is 0.251 e. The first-order valence-electron chi connectivity index (χ1n) is 10.4. The Balaban J connectivity index is 1.63. The minimum atomic E-state index is -0.777. The number of aliphatic hydroxyl groups excluding tert-OH is 1. The van der Waals surface area contributed by atoms with Gasteiger partial charge in [-0.25, -0.2) is 5.06 Å². The summed E-state index contributed by atoms with van der Waals surface area (Å²) in [7, 11) is 0. The normalized spacial score (nSPS) is 14.2. The summed E-state index contributed by atoms with van der Waals surface area (Å²) in [6, 6.07) is 12.2. The molecule has 0 aromatic heterocycles. The molecule has 2 aromatic carbocycles. The largest absolute Gasteiger partial charge is 0.394 e. The van der Waals surface area contributed by atoms with Crippen LogP contribution in [0, 0.1) is 18.8 Å². The monoisotopic (exact) mass is 437 g/mol. The lowest BCUT2D eigenvalue weighted by atomic mass is 10.1. The molecule has 1 saturated heterocycles. The van der Waals surface area contributed by atoms with Gasteiger partial charge in [0.2, 0.25) is 6.41 Å². The Bertz CT molecular complexity index is 991. The van der Waals surface area contributed by atoms with Gasteiger partial charge in [0, 0.05) is 35.5 Å². The molecule has 1 fully saturated rings. The first-order valence-corrected chi connectivity index (χ1v) is 10.4. The second-order valence-electron chi connectivity index (χ2n) is 7.51. The summed E-state index contributed by atoms with van der Waals surface area (Å²) in [6.45, 7) is 4.68. The maximum atomic E-state index is 12.3. The number of hydroxylamine groups is 2. The first-order chi connectivity index (χ1) is 15.5. The molecule has 0 radical (unpaired) electrons. The van der Waals surface area contributed by atoms with Gasteiger partial charge in [0.05, 0.1) is 32.4 Å². The average molecular weight is 437 g/mol. The standard InChI is InChI=1S/C24H27N3O5/c1-18-14-23(26-10-12-32-13-11-26)9-8-20(18)5-2-19-3-6-21(7-4-19)24(30)25-22(16-28)15-27(31)17-29/h3-4,6-9,14,17,22,28,31H,10-13,15-16H2,1H3,(H,25,30). The van der Waals surface area contributed by atoms with E-state index in [0.717, 1.165) is 43.0 Å². The fourth-order valence-corrected chi connectivity index (χ4v) is 3.34. The highest BCUT2D eigenvalue weighted by Crippen LogP contribution is 2.20. The number of carbonyl (C=O) groups is 2. The molecule has 1 atom stereocenters. The van der Waals surface area contributed by atoms with Gasteiger partial charge in [-0.05, 0) is 55.0 Å². The van der Waals surface area contributed by atoms with Crippen LogP contribution < -0.4 is 10.2 Å². The van der Waals surface area contributed by atoms with E-state index in [1.54, 1.807) is 24.3 Å². The Labute approximate surface area is 187 Å². The van der Waals surface area contributed by atoms with Crippen LogP contribution in [0.2, 0.25) is 0 Å². The molecule has 1 unspecified atom stereocenters. The van der Waals surface area contributed by atoms with E-state index in [9.17, 15) is 19.9 Å². The minimum absolute atomic E-state index is 0.208. The number of aliphatic hydroxyl groups is 1. The number of aryl methyl sites for hydroxylation is 1. The highest BCUT2D eigenvalue weighted by Gasteiger charge is 2.15. The lowest BCUT2D eigenvalue weighted by Crippen LogP contribution is -2.44. The van der Waals surface area contributed by atoms with Gasteiger partial charge in [0.1, 0.15) is 0 Å². The van der Waals surface area contributed by atoms with E-state index in [0.29, 0.717) is 10.6 Å². The van der Waals surface area contributed by atoms with Gasteiger partial charge in [-0.2, -0.15) is 0 Å². The lowest BCUT2D eigenvalue weighted by molar-refractivity contribution is -0.151. The van der Waals surface area contributed by atoms with E-state index in [4.69, 9.17) is 4.74 Å². The van der Waals surface area contributed by atoms with Gasteiger partial charge >= 0.3 is 0 Å². The van der Waals surface area contributed by atoms with E-state index >= 15 is 0 Å². The Morgan fingerprint density at radius 3 is 2.56 bits per heavy atom. The van der Waals surface area contributed by atoms with Gasteiger partial charge in [-0.15, -0.1) is 0 Å². The number of rotatable bonds is 7. The average Bonchev–Trinajstić information content (AvgIpc) is 2.83. The van der Waals surface area contributed by atoms with E-state index < -0.39 is 18.6 Å². The summed E-state index contributed by atoms with van der Waals surface area (Å²) in [5.74, 6) is 5.88. The van der Waals surface area contributed by atoms with Crippen molar-refractivity contribution in [2.75, 3.05) is 44.4 Å². The second kappa shape index (κ2) is 11.3. The Morgan fingerprint density at radius 1 is 1.22 bits per heavy atom. The fraction of sp³-hybridized carbons (Fsp3) is 0.333. The first kappa shape index (κ1) is 23.3. The number of morpholine rings is 1. The molecule has 32 heavy (non-hydrogen) atoms. The highest BCUT2D eigenvalue weighted by molar-refractivity contribution is 5.94. The van der Waals surface area contributed by atoms with Crippen molar-refractivity contribution in [2.45, 2.75) is 13.0 Å². The number of amides is 2. The van der Waals surface area contributed by atoms with E-state index in [1.165, 1.54) is 5.69 Å². The van der Waals surface area contributed by atoms with E-state index in [2.05, 4.69) is 34.2 Å². The molecule has 1 aliphatic rings. The molecule has 0 bridgehead atoms. The molecule has 2 aromatic rings. The van der Waals surface area contributed by atoms with E-state index in [-0.39, 0.29) is 13.0 Å². The molecule has 8 heteroatoms. The third-order valence-corrected chi connectivity index (χ3v) is 5.16. The molecule has 0 spiro atoms. The maximum absolute atomic E-state index is 12.3. The van der Waals surface area contributed by atoms with Gasteiger partial charge in [-0.1, -0.05) is 11.8 Å². The number of benzene rings is 2. The minimum Gasteiger partial charge on any atom is -0.394 e. The van der Waals surface area contributed by atoms with Crippen molar-refractivity contribution < 1.29 is 24.6 Å². The third kappa shape index (κ3) is 6.31. The van der Waals surface area contributed by atoms with Gasteiger partial charge in [-0.3, -0.25) is 14.8 Å². The summed E-state index contributed by atoms with van der Waals surface area (Å²) >= 11 is 0. The van der Waals surface area contributed by atoms with E-state index in [1.807, 2.05) is 13.0 Å². The van der Waals surface area contributed by atoms with Crippen LogP contribution in [0.15, 0.2) is 42.5 Å². The lowest BCUT2D eigenvalue weighted by Gasteiger charge is -2.29. The van der Waals surface area contributed by atoms with Gasteiger partial charge in [0.15, 0.2) is 0 Å². The predicted molar refractivity (Wildman–Crippen MR) is 120 cm³/mol. The Morgan fingerprint density at radius 2 is 1.94 bits per heavy atom. The number of nitrogens with zero attached hydrogens (tertiary/aromatic N) is 2. The molecular formula is C24H27N3O5. The zero-order valence-corrected chi connectivity index (χ0v) is 18.0. The topological polar surface area (TPSA) is 102 Å². The summed E-state index contributed by atoms with van der Waals surface area (Å²) in [6.07, 6.45) is 0.208. The van der Waals surface area contributed by atoms with Crippen LogP contribution in [0.5, 0.6) is 0 Å². The molecule has 1 heterocycles. The molecule has 0 saturated carbocycles. The zero-order valence-electron chi connectivity index (χ0n) is 18.0. The number of hydrogen-bond acceptors (Lipinski definition) is 6. The highest BCUT2D eigenvalue weighted by atomic mass is 16.5. The summed E-state index contributed by atoms with van der Waals surface area (Å²) in [4.78, 5) is 25.1. The molecule has 3 N–H and O–H groups in total. The molecule has 2 amide bonds.